The molecule has 1 aromatic heterocycles. The molecular formula is C12H23N5O. The number of nitrogens with zero attached hydrogens (tertiary/aromatic N) is 3. The van der Waals surface area contributed by atoms with E-state index in [4.69, 9.17) is 10.5 Å². The Morgan fingerprint density at radius 3 is 2.67 bits per heavy atom. The number of methoxy groups -OCH3 is 1. The number of likely N-dealkylation sites (N-methyl/N-ethyl adjacent to an activating group) is 1. The van der Waals surface area contributed by atoms with E-state index < -0.39 is 0 Å². The highest BCUT2D eigenvalue weighted by Gasteiger charge is 2.06. The van der Waals surface area contributed by atoms with Gasteiger partial charge in [-0.3, -0.25) is 0 Å². The number of aromatic nitrogens is 2. The summed E-state index contributed by atoms with van der Waals surface area (Å²) in [4.78, 5) is 10.7. The van der Waals surface area contributed by atoms with Crippen LogP contribution in [0.1, 0.15) is 11.4 Å². The fourth-order valence-corrected chi connectivity index (χ4v) is 1.55. The number of ether oxygens (including phenoxy) is 1. The van der Waals surface area contributed by atoms with Crippen molar-refractivity contribution in [3.63, 3.8) is 0 Å². The number of hydrogen-bond donors (Lipinski definition) is 2. The van der Waals surface area contributed by atoms with Crippen LogP contribution in [0.5, 0.6) is 0 Å². The van der Waals surface area contributed by atoms with Gasteiger partial charge in [-0.25, -0.2) is 9.97 Å². The molecule has 6 nitrogen and oxygen atoms in total. The van der Waals surface area contributed by atoms with Gasteiger partial charge in [0.05, 0.1) is 6.61 Å². The Morgan fingerprint density at radius 2 is 2.00 bits per heavy atom. The van der Waals surface area contributed by atoms with Crippen LogP contribution < -0.4 is 11.1 Å². The maximum Gasteiger partial charge on any atom is 0.134 e. The topological polar surface area (TPSA) is 76.3 Å². The van der Waals surface area contributed by atoms with Crippen LogP contribution in [0.15, 0.2) is 0 Å². The lowest BCUT2D eigenvalue weighted by molar-refractivity contribution is 0.163. The van der Waals surface area contributed by atoms with Gasteiger partial charge in [-0.1, -0.05) is 0 Å². The second-order valence-electron chi connectivity index (χ2n) is 4.35. The third-order valence-electron chi connectivity index (χ3n) is 2.76. The van der Waals surface area contributed by atoms with E-state index in [1.165, 1.54) is 0 Å². The Labute approximate surface area is 109 Å². The van der Waals surface area contributed by atoms with Gasteiger partial charge in [0.2, 0.25) is 0 Å². The molecule has 3 N–H and O–H groups in total. The smallest absolute Gasteiger partial charge is 0.134 e. The molecular weight excluding hydrogens is 230 g/mol. The normalized spacial score (nSPS) is 10.9. The average Bonchev–Trinajstić information content (AvgIpc) is 2.32. The van der Waals surface area contributed by atoms with Gasteiger partial charge in [0, 0.05) is 32.3 Å². The number of hydrogen-bond acceptors (Lipinski definition) is 6. The molecule has 0 saturated carbocycles. The number of nitrogens with two attached hydrogens (primary N) is 1. The molecule has 1 heterocycles. The van der Waals surface area contributed by atoms with Crippen molar-refractivity contribution in [2.45, 2.75) is 13.8 Å². The fourth-order valence-electron chi connectivity index (χ4n) is 1.55. The molecule has 0 spiro atoms. The molecule has 0 fully saturated rings. The molecule has 0 aliphatic heterocycles. The number of aryl methyl sites for hydroxylation is 1. The highest BCUT2D eigenvalue weighted by molar-refractivity contribution is 5.54. The SMILES string of the molecule is COCCN(C)CCNc1nc(C)nc(N)c1C. The zero-order valence-corrected chi connectivity index (χ0v) is 11.7. The molecule has 102 valence electrons. The van der Waals surface area contributed by atoms with Crippen molar-refractivity contribution < 1.29 is 4.74 Å². The fraction of sp³-hybridized carbons (Fsp3) is 0.667. The highest BCUT2D eigenvalue weighted by Crippen LogP contribution is 2.16. The zero-order valence-electron chi connectivity index (χ0n) is 11.7. The van der Waals surface area contributed by atoms with Crippen LogP contribution in [0.4, 0.5) is 11.6 Å². The summed E-state index contributed by atoms with van der Waals surface area (Å²) in [5.41, 5.74) is 6.70. The predicted octanol–water partition coefficient (Wildman–Crippen LogP) is 0.666. The van der Waals surface area contributed by atoms with E-state index >= 15 is 0 Å². The first kappa shape index (κ1) is 14.7. The van der Waals surface area contributed by atoms with E-state index in [0.717, 1.165) is 37.6 Å². The third-order valence-corrected chi connectivity index (χ3v) is 2.76. The van der Waals surface area contributed by atoms with Gasteiger partial charge >= 0.3 is 0 Å². The summed E-state index contributed by atoms with van der Waals surface area (Å²) in [6.45, 7) is 7.16. The van der Waals surface area contributed by atoms with Gasteiger partial charge in [-0.2, -0.15) is 0 Å². The monoisotopic (exact) mass is 253 g/mol. The van der Waals surface area contributed by atoms with Crippen molar-refractivity contribution in [1.82, 2.24) is 14.9 Å². The van der Waals surface area contributed by atoms with Crippen LogP contribution in [0.2, 0.25) is 0 Å². The minimum Gasteiger partial charge on any atom is -0.383 e. The van der Waals surface area contributed by atoms with E-state index in [9.17, 15) is 0 Å². The Bertz CT molecular complexity index is 383. The minimum atomic E-state index is 0.540. The minimum absolute atomic E-state index is 0.540. The van der Waals surface area contributed by atoms with Gasteiger partial charge in [-0.15, -0.1) is 0 Å². The Kier molecular flexibility index (Phi) is 5.80. The molecule has 1 rings (SSSR count). The second-order valence-corrected chi connectivity index (χ2v) is 4.35. The molecule has 0 bridgehead atoms. The van der Waals surface area contributed by atoms with Crippen molar-refractivity contribution in [3.05, 3.63) is 11.4 Å². The number of anilines is 2. The zero-order chi connectivity index (χ0) is 13.5. The first-order chi connectivity index (χ1) is 8.54. The summed E-state index contributed by atoms with van der Waals surface area (Å²) in [6, 6.07) is 0. The lowest BCUT2D eigenvalue weighted by Gasteiger charge is -2.17. The van der Waals surface area contributed by atoms with E-state index in [2.05, 4.69) is 27.2 Å². The van der Waals surface area contributed by atoms with Crippen LogP contribution in [0, 0.1) is 13.8 Å². The van der Waals surface area contributed by atoms with Crippen LogP contribution >= 0.6 is 0 Å². The first-order valence-electron chi connectivity index (χ1n) is 6.06. The quantitative estimate of drug-likeness (QED) is 0.743. The summed E-state index contributed by atoms with van der Waals surface area (Å²) in [7, 11) is 3.77. The Hall–Kier alpha value is -1.40. The van der Waals surface area contributed by atoms with E-state index in [1.807, 2.05) is 13.8 Å². The van der Waals surface area contributed by atoms with Crippen molar-refractivity contribution in [1.29, 1.82) is 0 Å². The van der Waals surface area contributed by atoms with Crippen molar-refractivity contribution in [2.75, 3.05) is 51.4 Å². The predicted molar refractivity (Wildman–Crippen MR) is 73.8 cm³/mol. The van der Waals surface area contributed by atoms with Crippen LogP contribution in [0.25, 0.3) is 0 Å². The molecule has 0 aliphatic carbocycles. The van der Waals surface area contributed by atoms with E-state index in [1.54, 1.807) is 7.11 Å². The maximum absolute atomic E-state index is 5.80. The van der Waals surface area contributed by atoms with Crippen molar-refractivity contribution in [3.8, 4) is 0 Å². The molecule has 0 aliphatic rings. The number of nitrogen functional groups attached to an aromatic ring is 1. The Balaban J connectivity index is 2.44. The third kappa shape index (κ3) is 4.46. The largest absolute Gasteiger partial charge is 0.383 e. The standard InChI is InChI=1S/C12H23N5O/c1-9-11(13)15-10(2)16-12(9)14-5-6-17(3)7-8-18-4/h5-8H2,1-4H3,(H3,13,14,15,16). The molecule has 0 aromatic carbocycles. The van der Waals surface area contributed by atoms with Gasteiger partial charge in [-0.05, 0) is 20.9 Å². The highest BCUT2D eigenvalue weighted by atomic mass is 16.5. The molecule has 0 unspecified atom stereocenters. The Morgan fingerprint density at radius 1 is 1.28 bits per heavy atom. The molecule has 6 heteroatoms. The molecule has 0 radical (unpaired) electrons. The molecule has 1 aromatic rings. The van der Waals surface area contributed by atoms with Crippen molar-refractivity contribution >= 4 is 11.6 Å². The molecule has 0 atom stereocenters. The second kappa shape index (κ2) is 7.13. The van der Waals surface area contributed by atoms with Gasteiger partial charge < -0.3 is 20.7 Å². The van der Waals surface area contributed by atoms with E-state index in [0.29, 0.717) is 11.6 Å². The van der Waals surface area contributed by atoms with Gasteiger partial charge in [0.25, 0.3) is 0 Å². The lowest BCUT2D eigenvalue weighted by Crippen LogP contribution is -2.28. The van der Waals surface area contributed by atoms with Gasteiger partial charge in [0.15, 0.2) is 0 Å². The summed E-state index contributed by atoms with van der Waals surface area (Å²) >= 11 is 0. The molecule has 0 amide bonds. The van der Waals surface area contributed by atoms with Gasteiger partial charge in [0.1, 0.15) is 17.5 Å². The summed E-state index contributed by atoms with van der Waals surface area (Å²) in [5.74, 6) is 2.05. The van der Waals surface area contributed by atoms with Crippen LogP contribution in [-0.2, 0) is 4.74 Å². The van der Waals surface area contributed by atoms with Crippen molar-refractivity contribution in [2.24, 2.45) is 0 Å². The number of nitrogens with one attached hydrogen (secondary N) is 1. The van der Waals surface area contributed by atoms with E-state index in [-0.39, 0.29) is 0 Å². The lowest BCUT2D eigenvalue weighted by atomic mass is 10.3. The van der Waals surface area contributed by atoms with Crippen LogP contribution in [0.3, 0.4) is 0 Å². The summed E-state index contributed by atoms with van der Waals surface area (Å²) < 4.78 is 5.03. The summed E-state index contributed by atoms with van der Waals surface area (Å²) in [5, 5.41) is 3.29. The first-order valence-corrected chi connectivity index (χ1v) is 6.06. The molecule has 18 heavy (non-hydrogen) atoms. The molecule has 0 saturated heterocycles. The maximum atomic E-state index is 5.80. The van der Waals surface area contributed by atoms with Crippen LogP contribution in [-0.4, -0.2) is 55.3 Å². The average molecular weight is 253 g/mol. The number of rotatable bonds is 7. The summed E-state index contributed by atoms with van der Waals surface area (Å²) in [6.07, 6.45) is 0.